The Bertz CT molecular complexity index is 613. The molecule has 0 fully saturated rings. The summed E-state index contributed by atoms with van der Waals surface area (Å²) in [6.45, 7) is 0. The predicted octanol–water partition coefficient (Wildman–Crippen LogP) is 3.20. The monoisotopic (exact) mass is 298 g/mol. The summed E-state index contributed by atoms with van der Waals surface area (Å²) in [5, 5.41) is 10.3. The van der Waals surface area contributed by atoms with Crippen LogP contribution >= 0.6 is 0 Å². The SMILES string of the molecule is COc1cccc(OC)c1C(O)c1c(F)cc(F)cc1F. The fourth-order valence-corrected chi connectivity index (χ4v) is 2.11. The molecule has 0 aliphatic carbocycles. The normalized spacial score (nSPS) is 12.1. The van der Waals surface area contributed by atoms with Crippen molar-refractivity contribution >= 4 is 0 Å². The minimum atomic E-state index is -1.70. The van der Waals surface area contributed by atoms with Crippen molar-refractivity contribution in [2.24, 2.45) is 0 Å². The Labute approximate surface area is 119 Å². The van der Waals surface area contributed by atoms with Gasteiger partial charge in [0.2, 0.25) is 0 Å². The lowest BCUT2D eigenvalue weighted by Crippen LogP contribution is -2.09. The van der Waals surface area contributed by atoms with Crippen molar-refractivity contribution in [2.45, 2.75) is 6.10 Å². The number of aliphatic hydroxyl groups excluding tert-OH is 1. The van der Waals surface area contributed by atoms with Crippen molar-refractivity contribution in [3.8, 4) is 11.5 Å². The van der Waals surface area contributed by atoms with E-state index in [2.05, 4.69) is 0 Å². The van der Waals surface area contributed by atoms with E-state index in [0.29, 0.717) is 12.1 Å². The van der Waals surface area contributed by atoms with E-state index in [4.69, 9.17) is 9.47 Å². The van der Waals surface area contributed by atoms with E-state index < -0.39 is 29.1 Å². The highest BCUT2D eigenvalue weighted by Gasteiger charge is 2.26. The maximum absolute atomic E-state index is 13.8. The van der Waals surface area contributed by atoms with Gasteiger partial charge in [-0.1, -0.05) is 6.07 Å². The van der Waals surface area contributed by atoms with Crippen LogP contribution in [0.2, 0.25) is 0 Å². The van der Waals surface area contributed by atoms with Crippen LogP contribution in [0, 0.1) is 17.5 Å². The molecular formula is C15H13F3O3. The molecule has 1 N–H and O–H groups in total. The molecule has 0 saturated heterocycles. The summed E-state index contributed by atoms with van der Waals surface area (Å²) in [7, 11) is 2.70. The molecule has 2 aromatic carbocycles. The van der Waals surface area contributed by atoms with Crippen molar-refractivity contribution in [3.05, 3.63) is 58.9 Å². The van der Waals surface area contributed by atoms with Crippen LogP contribution in [0.5, 0.6) is 11.5 Å². The van der Waals surface area contributed by atoms with Crippen LogP contribution in [0.15, 0.2) is 30.3 Å². The van der Waals surface area contributed by atoms with Gasteiger partial charge in [-0.15, -0.1) is 0 Å². The first kappa shape index (κ1) is 15.2. The lowest BCUT2D eigenvalue weighted by molar-refractivity contribution is 0.198. The Kier molecular flexibility index (Phi) is 4.37. The van der Waals surface area contributed by atoms with Crippen LogP contribution in [0.25, 0.3) is 0 Å². The third-order valence-electron chi connectivity index (χ3n) is 3.06. The maximum Gasteiger partial charge on any atom is 0.135 e. The van der Waals surface area contributed by atoms with E-state index in [1.165, 1.54) is 26.4 Å². The van der Waals surface area contributed by atoms with E-state index in [9.17, 15) is 18.3 Å². The van der Waals surface area contributed by atoms with Gasteiger partial charge in [-0.2, -0.15) is 0 Å². The second-order valence-electron chi connectivity index (χ2n) is 4.26. The standard InChI is InChI=1S/C15H13F3O3/c1-20-11-4-3-5-12(21-2)14(11)15(19)13-9(17)6-8(16)7-10(13)18/h3-7,15,19H,1-2H3. The zero-order chi connectivity index (χ0) is 15.6. The third kappa shape index (κ3) is 2.80. The molecule has 3 nitrogen and oxygen atoms in total. The predicted molar refractivity (Wildman–Crippen MR) is 69.9 cm³/mol. The molecule has 6 heteroatoms. The number of benzene rings is 2. The second-order valence-corrected chi connectivity index (χ2v) is 4.26. The lowest BCUT2D eigenvalue weighted by Gasteiger charge is -2.19. The largest absolute Gasteiger partial charge is 0.496 e. The highest BCUT2D eigenvalue weighted by Crippen LogP contribution is 2.38. The molecule has 2 aromatic rings. The lowest BCUT2D eigenvalue weighted by atomic mass is 9.98. The Balaban J connectivity index is 2.62. The molecule has 2 rings (SSSR count). The summed E-state index contributed by atoms with van der Waals surface area (Å²) in [5.74, 6) is -3.04. The molecule has 0 radical (unpaired) electrons. The van der Waals surface area contributed by atoms with Crippen molar-refractivity contribution in [1.29, 1.82) is 0 Å². The van der Waals surface area contributed by atoms with E-state index in [0.717, 1.165) is 0 Å². The topological polar surface area (TPSA) is 38.7 Å². The number of ether oxygens (including phenoxy) is 2. The molecule has 21 heavy (non-hydrogen) atoms. The minimum absolute atomic E-state index is 0.0620. The van der Waals surface area contributed by atoms with Gasteiger partial charge in [-0.05, 0) is 12.1 Å². The van der Waals surface area contributed by atoms with Crippen molar-refractivity contribution in [1.82, 2.24) is 0 Å². The Morgan fingerprint density at radius 3 is 1.81 bits per heavy atom. The maximum atomic E-state index is 13.8. The molecule has 1 unspecified atom stereocenters. The zero-order valence-electron chi connectivity index (χ0n) is 11.4. The highest BCUT2D eigenvalue weighted by atomic mass is 19.1. The van der Waals surface area contributed by atoms with Gasteiger partial charge in [-0.3, -0.25) is 0 Å². The van der Waals surface area contributed by atoms with Crippen LogP contribution in [0.1, 0.15) is 17.2 Å². The Morgan fingerprint density at radius 1 is 0.905 bits per heavy atom. The molecule has 0 saturated carbocycles. The zero-order valence-corrected chi connectivity index (χ0v) is 11.4. The molecule has 0 aromatic heterocycles. The smallest absolute Gasteiger partial charge is 0.135 e. The van der Waals surface area contributed by atoms with Crippen molar-refractivity contribution in [2.75, 3.05) is 14.2 Å². The number of hydrogen-bond acceptors (Lipinski definition) is 3. The van der Waals surface area contributed by atoms with Crippen LogP contribution in [-0.4, -0.2) is 19.3 Å². The molecule has 0 bridgehead atoms. The summed E-state index contributed by atoms with van der Waals surface area (Å²) < 4.78 is 50.7. The molecular weight excluding hydrogens is 285 g/mol. The highest BCUT2D eigenvalue weighted by molar-refractivity contribution is 5.50. The molecule has 0 spiro atoms. The van der Waals surface area contributed by atoms with Gasteiger partial charge in [0.05, 0.1) is 25.3 Å². The van der Waals surface area contributed by atoms with Gasteiger partial charge in [0.25, 0.3) is 0 Å². The molecule has 0 aliphatic heterocycles. The first-order chi connectivity index (χ1) is 9.99. The van der Waals surface area contributed by atoms with Crippen LogP contribution < -0.4 is 9.47 Å². The van der Waals surface area contributed by atoms with E-state index in [-0.39, 0.29) is 17.1 Å². The van der Waals surface area contributed by atoms with Gasteiger partial charge in [0.15, 0.2) is 0 Å². The summed E-state index contributed by atoms with van der Waals surface area (Å²) in [4.78, 5) is 0. The molecule has 0 heterocycles. The quantitative estimate of drug-likeness (QED) is 0.942. The Hall–Kier alpha value is -2.21. The number of rotatable bonds is 4. The number of halogens is 3. The fraction of sp³-hybridized carbons (Fsp3) is 0.200. The molecule has 0 amide bonds. The van der Waals surface area contributed by atoms with E-state index >= 15 is 0 Å². The van der Waals surface area contributed by atoms with Gasteiger partial charge < -0.3 is 14.6 Å². The fourth-order valence-electron chi connectivity index (χ4n) is 2.11. The average molecular weight is 298 g/mol. The van der Waals surface area contributed by atoms with Gasteiger partial charge in [-0.25, -0.2) is 13.2 Å². The van der Waals surface area contributed by atoms with Crippen molar-refractivity contribution < 1.29 is 27.8 Å². The molecule has 112 valence electrons. The third-order valence-corrected chi connectivity index (χ3v) is 3.06. The summed E-state index contributed by atoms with van der Waals surface area (Å²) in [6.07, 6.45) is -1.70. The number of methoxy groups -OCH3 is 2. The van der Waals surface area contributed by atoms with Crippen molar-refractivity contribution in [3.63, 3.8) is 0 Å². The minimum Gasteiger partial charge on any atom is -0.496 e. The molecule has 1 atom stereocenters. The summed E-state index contributed by atoms with van der Waals surface area (Å²) >= 11 is 0. The second kappa shape index (κ2) is 6.05. The van der Waals surface area contributed by atoms with Crippen LogP contribution in [-0.2, 0) is 0 Å². The number of aliphatic hydroxyl groups is 1. The summed E-state index contributed by atoms with van der Waals surface area (Å²) in [5.41, 5.74) is -0.605. The first-order valence-electron chi connectivity index (χ1n) is 6.03. The van der Waals surface area contributed by atoms with Crippen LogP contribution in [0.3, 0.4) is 0 Å². The van der Waals surface area contributed by atoms with Gasteiger partial charge in [0, 0.05) is 12.1 Å². The van der Waals surface area contributed by atoms with E-state index in [1.54, 1.807) is 6.07 Å². The Morgan fingerprint density at radius 2 is 1.38 bits per heavy atom. The van der Waals surface area contributed by atoms with E-state index in [1.807, 2.05) is 0 Å². The van der Waals surface area contributed by atoms with Crippen LogP contribution in [0.4, 0.5) is 13.2 Å². The number of hydrogen-bond donors (Lipinski definition) is 1. The van der Waals surface area contributed by atoms with Gasteiger partial charge >= 0.3 is 0 Å². The first-order valence-corrected chi connectivity index (χ1v) is 6.03. The average Bonchev–Trinajstić information content (AvgIpc) is 2.44. The van der Waals surface area contributed by atoms with Gasteiger partial charge in [0.1, 0.15) is 35.1 Å². The summed E-state index contributed by atoms with van der Waals surface area (Å²) in [6, 6.07) is 5.64. The molecule has 0 aliphatic rings.